The topological polar surface area (TPSA) is 50.7 Å². The van der Waals surface area contributed by atoms with Gasteiger partial charge in [-0.25, -0.2) is 5.43 Å². The Balaban J connectivity index is 1.53. The van der Waals surface area contributed by atoms with Gasteiger partial charge in [0, 0.05) is 0 Å². The van der Waals surface area contributed by atoms with E-state index >= 15 is 0 Å². The SMILES string of the molecule is Cc1ccc(COc2cccc(/C=N/NC(=O)Cc3ccc(C)cc3C)c2)cc1. The summed E-state index contributed by atoms with van der Waals surface area (Å²) in [5, 5.41) is 4.07. The molecule has 4 heteroatoms. The normalized spacial score (nSPS) is 10.9. The number of nitrogens with zero attached hydrogens (tertiary/aromatic N) is 1. The lowest BCUT2D eigenvalue weighted by Gasteiger charge is -2.07. The van der Waals surface area contributed by atoms with Crippen LogP contribution in [0, 0.1) is 20.8 Å². The minimum absolute atomic E-state index is 0.139. The van der Waals surface area contributed by atoms with Gasteiger partial charge in [-0.1, -0.05) is 65.7 Å². The van der Waals surface area contributed by atoms with Crippen LogP contribution >= 0.6 is 0 Å². The number of carbonyl (C=O) groups excluding carboxylic acids is 1. The lowest BCUT2D eigenvalue weighted by Crippen LogP contribution is -2.20. The number of hydrogen-bond donors (Lipinski definition) is 1. The van der Waals surface area contributed by atoms with Crippen LogP contribution in [0.1, 0.15) is 33.4 Å². The van der Waals surface area contributed by atoms with E-state index in [9.17, 15) is 4.79 Å². The first-order chi connectivity index (χ1) is 14.0. The molecule has 3 rings (SSSR count). The Kier molecular flexibility index (Phi) is 6.80. The van der Waals surface area contributed by atoms with Crippen molar-refractivity contribution in [2.24, 2.45) is 5.10 Å². The average molecular weight is 386 g/mol. The van der Waals surface area contributed by atoms with Crippen LogP contribution in [0.4, 0.5) is 0 Å². The molecule has 0 aliphatic rings. The summed E-state index contributed by atoms with van der Waals surface area (Å²) in [6.07, 6.45) is 1.93. The van der Waals surface area contributed by atoms with Crippen molar-refractivity contribution in [3.8, 4) is 5.75 Å². The Hall–Kier alpha value is -3.40. The second-order valence-electron chi connectivity index (χ2n) is 7.25. The minimum atomic E-state index is -0.139. The van der Waals surface area contributed by atoms with E-state index in [4.69, 9.17) is 4.74 Å². The van der Waals surface area contributed by atoms with Crippen LogP contribution in [0.3, 0.4) is 0 Å². The summed E-state index contributed by atoms with van der Waals surface area (Å²) < 4.78 is 5.85. The molecular weight excluding hydrogens is 360 g/mol. The standard InChI is InChI=1S/C25H26N2O2/c1-18-7-10-21(11-8-18)17-29-24-6-4-5-22(14-24)16-26-27-25(28)15-23-12-9-19(2)13-20(23)3/h4-14,16H,15,17H2,1-3H3,(H,27,28)/b26-16+. The minimum Gasteiger partial charge on any atom is -0.489 e. The van der Waals surface area contributed by atoms with Crippen molar-refractivity contribution in [3.63, 3.8) is 0 Å². The fourth-order valence-electron chi connectivity index (χ4n) is 2.97. The van der Waals surface area contributed by atoms with Crippen LogP contribution in [0.5, 0.6) is 5.75 Å². The van der Waals surface area contributed by atoms with E-state index in [0.29, 0.717) is 13.0 Å². The molecule has 1 amide bonds. The first-order valence-electron chi connectivity index (χ1n) is 9.66. The summed E-state index contributed by atoms with van der Waals surface area (Å²) in [7, 11) is 0. The summed E-state index contributed by atoms with van der Waals surface area (Å²) >= 11 is 0. The van der Waals surface area contributed by atoms with Crippen molar-refractivity contribution in [2.75, 3.05) is 0 Å². The number of amides is 1. The fourth-order valence-corrected chi connectivity index (χ4v) is 2.97. The summed E-state index contributed by atoms with van der Waals surface area (Å²) in [5.74, 6) is 0.621. The first kappa shape index (κ1) is 20.3. The molecular formula is C25H26N2O2. The maximum Gasteiger partial charge on any atom is 0.244 e. The zero-order valence-electron chi connectivity index (χ0n) is 17.1. The van der Waals surface area contributed by atoms with Gasteiger partial charge >= 0.3 is 0 Å². The zero-order chi connectivity index (χ0) is 20.6. The fraction of sp³-hybridized carbons (Fsp3) is 0.200. The van der Waals surface area contributed by atoms with Crippen molar-refractivity contribution in [1.82, 2.24) is 5.43 Å². The first-order valence-corrected chi connectivity index (χ1v) is 9.66. The molecule has 0 radical (unpaired) electrons. The smallest absolute Gasteiger partial charge is 0.244 e. The molecule has 0 saturated carbocycles. The van der Waals surface area contributed by atoms with Crippen LogP contribution < -0.4 is 10.2 Å². The molecule has 0 fully saturated rings. The Bertz CT molecular complexity index is 1010. The van der Waals surface area contributed by atoms with Crippen LogP contribution in [0.25, 0.3) is 0 Å². The van der Waals surface area contributed by atoms with Crippen molar-refractivity contribution >= 4 is 12.1 Å². The second kappa shape index (κ2) is 9.69. The number of hydrogen-bond acceptors (Lipinski definition) is 3. The summed E-state index contributed by atoms with van der Waals surface area (Å²) in [5.41, 5.74) is 9.11. The van der Waals surface area contributed by atoms with E-state index in [2.05, 4.69) is 47.8 Å². The molecule has 3 aromatic rings. The summed E-state index contributed by atoms with van der Waals surface area (Å²) in [6.45, 7) is 6.63. The van der Waals surface area contributed by atoms with Gasteiger partial charge in [-0.05, 0) is 55.2 Å². The van der Waals surface area contributed by atoms with Crippen LogP contribution in [0.2, 0.25) is 0 Å². The molecule has 0 aliphatic heterocycles. The number of aryl methyl sites for hydroxylation is 3. The largest absolute Gasteiger partial charge is 0.489 e. The Morgan fingerprint density at radius 1 is 0.966 bits per heavy atom. The Labute approximate surface area is 172 Å². The van der Waals surface area contributed by atoms with E-state index in [0.717, 1.165) is 28.0 Å². The molecule has 148 valence electrons. The number of hydrazone groups is 1. The van der Waals surface area contributed by atoms with Gasteiger partial charge in [0.2, 0.25) is 5.91 Å². The zero-order valence-corrected chi connectivity index (χ0v) is 17.1. The van der Waals surface area contributed by atoms with Crippen LogP contribution in [-0.2, 0) is 17.8 Å². The van der Waals surface area contributed by atoms with Gasteiger partial charge in [-0.15, -0.1) is 0 Å². The van der Waals surface area contributed by atoms with Gasteiger partial charge in [-0.3, -0.25) is 4.79 Å². The highest BCUT2D eigenvalue weighted by Crippen LogP contribution is 2.15. The van der Waals surface area contributed by atoms with Gasteiger partial charge in [0.15, 0.2) is 0 Å². The number of rotatable bonds is 7. The van der Waals surface area contributed by atoms with E-state index in [1.165, 1.54) is 11.1 Å². The quantitative estimate of drug-likeness (QED) is 0.465. The van der Waals surface area contributed by atoms with Gasteiger partial charge < -0.3 is 4.74 Å². The molecule has 4 nitrogen and oxygen atoms in total. The molecule has 0 atom stereocenters. The van der Waals surface area contributed by atoms with E-state index in [1.807, 2.05) is 50.2 Å². The summed E-state index contributed by atoms with van der Waals surface area (Å²) in [6, 6.07) is 22.0. The van der Waals surface area contributed by atoms with Crippen LogP contribution in [-0.4, -0.2) is 12.1 Å². The van der Waals surface area contributed by atoms with Crippen LogP contribution in [0.15, 0.2) is 71.8 Å². The third-order valence-corrected chi connectivity index (χ3v) is 4.64. The maximum atomic E-state index is 12.1. The van der Waals surface area contributed by atoms with E-state index in [1.54, 1.807) is 6.21 Å². The van der Waals surface area contributed by atoms with Crippen molar-refractivity contribution < 1.29 is 9.53 Å². The third-order valence-electron chi connectivity index (χ3n) is 4.64. The van der Waals surface area contributed by atoms with Crippen molar-refractivity contribution in [2.45, 2.75) is 33.8 Å². The molecule has 0 heterocycles. The van der Waals surface area contributed by atoms with Gasteiger partial charge in [0.05, 0.1) is 12.6 Å². The predicted molar refractivity (Wildman–Crippen MR) is 117 cm³/mol. The lowest BCUT2D eigenvalue weighted by molar-refractivity contribution is -0.120. The molecule has 0 unspecified atom stereocenters. The Morgan fingerprint density at radius 3 is 2.48 bits per heavy atom. The summed E-state index contributed by atoms with van der Waals surface area (Å²) in [4.78, 5) is 12.1. The highest BCUT2D eigenvalue weighted by atomic mass is 16.5. The monoisotopic (exact) mass is 386 g/mol. The number of benzene rings is 3. The molecule has 1 N–H and O–H groups in total. The Morgan fingerprint density at radius 2 is 1.72 bits per heavy atom. The number of nitrogens with one attached hydrogen (secondary N) is 1. The molecule has 0 saturated heterocycles. The molecule has 3 aromatic carbocycles. The highest BCUT2D eigenvalue weighted by Gasteiger charge is 2.05. The molecule has 0 bridgehead atoms. The van der Waals surface area contributed by atoms with E-state index < -0.39 is 0 Å². The van der Waals surface area contributed by atoms with Gasteiger partial charge in [-0.2, -0.15) is 5.10 Å². The van der Waals surface area contributed by atoms with Gasteiger partial charge in [0.25, 0.3) is 0 Å². The second-order valence-corrected chi connectivity index (χ2v) is 7.25. The van der Waals surface area contributed by atoms with Crippen molar-refractivity contribution in [3.05, 3.63) is 100 Å². The van der Waals surface area contributed by atoms with E-state index in [-0.39, 0.29) is 5.91 Å². The third kappa shape index (κ3) is 6.32. The van der Waals surface area contributed by atoms with Gasteiger partial charge in [0.1, 0.15) is 12.4 Å². The van der Waals surface area contributed by atoms with Crippen molar-refractivity contribution in [1.29, 1.82) is 0 Å². The predicted octanol–water partition coefficient (Wildman–Crippen LogP) is 4.88. The maximum absolute atomic E-state index is 12.1. The number of ether oxygens (including phenoxy) is 1. The molecule has 0 aromatic heterocycles. The molecule has 29 heavy (non-hydrogen) atoms. The number of carbonyl (C=O) groups is 1. The molecule has 0 spiro atoms. The highest BCUT2D eigenvalue weighted by molar-refractivity contribution is 5.83. The average Bonchev–Trinajstić information content (AvgIpc) is 2.70. The molecule has 0 aliphatic carbocycles. The lowest BCUT2D eigenvalue weighted by atomic mass is 10.0.